The van der Waals surface area contributed by atoms with E-state index in [2.05, 4.69) is 167 Å². The molecule has 0 amide bonds. The van der Waals surface area contributed by atoms with Crippen LogP contribution in [0.3, 0.4) is 0 Å². The molecule has 0 saturated heterocycles. The van der Waals surface area contributed by atoms with Gasteiger partial charge < -0.3 is 13.9 Å². The Balaban J connectivity index is 1.19. The summed E-state index contributed by atoms with van der Waals surface area (Å²) in [5.41, 5.74) is 9.33. The summed E-state index contributed by atoms with van der Waals surface area (Å²) >= 11 is 0. The lowest BCUT2D eigenvalue weighted by atomic mass is 9.99. The van der Waals surface area contributed by atoms with E-state index in [0.29, 0.717) is 5.89 Å². The molecule has 2 heterocycles. The van der Waals surface area contributed by atoms with E-state index in [1.807, 2.05) is 30.3 Å². The molecule has 0 fully saturated rings. The highest BCUT2D eigenvalue weighted by molar-refractivity contribution is 6.19. The van der Waals surface area contributed by atoms with Crippen LogP contribution in [0.2, 0.25) is 0 Å². The van der Waals surface area contributed by atoms with Crippen molar-refractivity contribution in [2.24, 2.45) is 0 Å². The van der Waals surface area contributed by atoms with Crippen molar-refractivity contribution < 1.29 is 4.42 Å². The Morgan fingerprint density at radius 1 is 0.453 bits per heavy atom. The second kappa shape index (κ2) is 11.7. The molecule has 2 aromatic heterocycles. The van der Waals surface area contributed by atoms with Gasteiger partial charge in [-0.25, -0.2) is 4.98 Å². The molecule has 248 valence electrons. The van der Waals surface area contributed by atoms with Crippen molar-refractivity contribution in [3.05, 3.63) is 188 Å². The highest BCUT2D eigenvalue weighted by atomic mass is 16.3. The molecule has 0 aliphatic heterocycles. The van der Waals surface area contributed by atoms with Gasteiger partial charge in [-0.15, -0.1) is 0 Å². The number of fused-ring (bicyclic) bond motifs is 9. The van der Waals surface area contributed by atoms with Crippen LogP contribution in [0.25, 0.3) is 82.4 Å². The Kier molecular flexibility index (Phi) is 6.52. The molecule has 53 heavy (non-hydrogen) atoms. The van der Waals surface area contributed by atoms with Gasteiger partial charge >= 0.3 is 0 Å². The first-order valence-electron chi connectivity index (χ1n) is 18.0. The van der Waals surface area contributed by atoms with Gasteiger partial charge in [0, 0.05) is 44.2 Å². The number of para-hydroxylation sites is 2. The number of benzene rings is 9. The van der Waals surface area contributed by atoms with Crippen LogP contribution in [0.1, 0.15) is 0 Å². The molecule has 0 radical (unpaired) electrons. The summed E-state index contributed by atoms with van der Waals surface area (Å²) < 4.78 is 8.99. The molecule has 9 aromatic carbocycles. The monoisotopic (exact) mass is 677 g/mol. The Hall–Kier alpha value is -7.17. The highest BCUT2D eigenvalue weighted by Crippen LogP contribution is 2.44. The summed E-state index contributed by atoms with van der Waals surface area (Å²) in [6, 6.07) is 67.0. The molecule has 11 rings (SSSR count). The molecule has 0 saturated carbocycles. The normalized spacial score (nSPS) is 11.8. The van der Waals surface area contributed by atoms with Crippen LogP contribution in [-0.2, 0) is 0 Å². The number of hydrogen-bond donors (Lipinski definition) is 0. The Labute approximate surface area is 305 Å². The fourth-order valence-electron chi connectivity index (χ4n) is 8.14. The lowest BCUT2D eigenvalue weighted by Gasteiger charge is -2.27. The molecule has 0 aliphatic carbocycles. The molecule has 0 aliphatic rings. The van der Waals surface area contributed by atoms with Gasteiger partial charge in [-0.1, -0.05) is 121 Å². The molecule has 0 bridgehead atoms. The molecule has 0 spiro atoms. The average molecular weight is 678 g/mol. The Bertz CT molecular complexity index is 3170. The van der Waals surface area contributed by atoms with Crippen LogP contribution in [0.4, 0.5) is 17.1 Å². The zero-order valence-electron chi connectivity index (χ0n) is 28.6. The van der Waals surface area contributed by atoms with Gasteiger partial charge in [0.25, 0.3) is 0 Å². The van der Waals surface area contributed by atoms with Gasteiger partial charge in [-0.2, -0.15) is 0 Å². The maximum absolute atomic E-state index is 6.61. The van der Waals surface area contributed by atoms with Crippen LogP contribution in [-0.4, -0.2) is 9.55 Å². The van der Waals surface area contributed by atoms with Crippen LogP contribution < -0.4 is 4.90 Å². The lowest BCUT2D eigenvalue weighted by molar-refractivity contribution is 0.623. The van der Waals surface area contributed by atoms with Crippen molar-refractivity contribution in [3.8, 4) is 17.1 Å². The summed E-state index contributed by atoms with van der Waals surface area (Å²) in [7, 11) is 0. The predicted molar refractivity (Wildman–Crippen MR) is 221 cm³/mol. The van der Waals surface area contributed by atoms with Gasteiger partial charge in [-0.05, 0) is 88.3 Å². The number of oxazole rings is 1. The van der Waals surface area contributed by atoms with Crippen molar-refractivity contribution in [2.75, 3.05) is 4.90 Å². The summed E-state index contributed by atoms with van der Waals surface area (Å²) in [5.74, 6) is 0.626. The lowest BCUT2D eigenvalue weighted by Crippen LogP contribution is -2.10. The predicted octanol–water partition coefficient (Wildman–Crippen LogP) is 13.5. The molecular formula is C49H31N3O. The second-order valence-electron chi connectivity index (χ2n) is 13.6. The largest absolute Gasteiger partial charge is 0.435 e. The molecule has 4 heteroatoms. The van der Waals surface area contributed by atoms with Crippen LogP contribution >= 0.6 is 0 Å². The van der Waals surface area contributed by atoms with E-state index < -0.39 is 0 Å². The van der Waals surface area contributed by atoms with Crippen molar-refractivity contribution >= 4 is 82.3 Å². The minimum Gasteiger partial charge on any atom is -0.435 e. The SMILES string of the molecule is c1ccc(-c2nc3ccc4ccc5ccc(N(c6ccc7c8ccccc8n(-c8ccccc8)c7c6)c6cccc7ccccc67)cc5c4c3o2)cc1. The molecule has 11 aromatic rings. The van der Waals surface area contributed by atoms with E-state index in [4.69, 9.17) is 9.40 Å². The summed E-state index contributed by atoms with van der Waals surface area (Å²) in [5, 5.41) is 9.27. The van der Waals surface area contributed by atoms with Crippen molar-refractivity contribution in [2.45, 2.75) is 0 Å². The maximum atomic E-state index is 6.61. The quantitative estimate of drug-likeness (QED) is 0.170. The maximum Gasteiger partial charge on any atom is 0.227 e. The van der Waals surface area contributed by atoms with Crippen LogP contribution in [0, 0.1) is 0 Å². The summed E-state index contributed by atoms with van der Waals surface area (Å²) in [4.78, 5) is 7.33. The van der Waals surface area contributed by atoms with Gasteiger partial charge in [0.05, 0.1) is 16.7 Å². The third-order valence-corrected chi connectivity index (χ3v) is 10.6. The second-order valence-corrected chi connectivity index (χ2v) is 13.6. The topological polar surface area (TPSA) is 34.2 Å². The first kappa shape index (κ1) is 29.5. The average Bonchev–Trinajstić information content (AvgIpc) is 3.81. The number of rotatable bonds is 5. The molecule has 0 N–H and O–H groups in total. The van der Waals surface area contributed by atoms with Crippen molar-refractivity contribution in [1.29, 1.82) is 0 Å². The first-order chi connectivity index (χ1) is 26.3. The molecule has 0 atom stereocenters. The molecule has 0 unspecified atom stereocenters. The number of anilines is 3. The zero-order valence-corrected chi connectivity index (χ0v) is 28.6. The van der Waals surface area contributed by atoms with Crippen LogP contribution in [0.5, 0.6) is 0 Å². The van der Waals surface area contributed by atoms with E-state index in [1.54, 1.807) is 0 Å². The zero-order chi connectivity index (χ0) is 34.9. The number of nitrogens with zero attached hydrogens (tertiary/aromatic N) is 3. The van der Waals surface area contributed by atoms with Gasteiger partial charge in [0.15, 0.2) is 5.58 Å². The third kappa shape index (κ3) is 4.66. The van der Waals surface area contributed by atoms with E-state index >= 15 is 0 Å². The van der Waals surface area contributed by atoms with E-state index in [9.17, 15) is 0 Å². The van der Waals surface area contributed by atoms with Crippen LogP contribution in [0.15, 0.2) is 192 Å². The van der Waals surface area contributed by atoms with Crippen molar-refractivity contribution in [3.63, 3.8) is 0 Å². The van der Waals surface area contributed by atoms with E-state index in [0.717, 1.165) is 66.5 Å². The van der Waals surface area contributed by atoms with Gasteiger partial charge in [-0.3, -0.25) is 0 Å². The van der Waals surface area contributed by atoms with Gasteiger partial charge in [0.1, 0.15) is 5.52 Å². The Morgan fingerprint density at radius 3 is 1.98 bits per heavy atom. The Morgan fingerprint density at radius 2 is 1.09 bits per heavy atom. The summed E-state index contributed by atoms with van der Waals surface area (Å²) in [6.45, 7) is 0. The van der Waals surface area contributed by atoms with Crippen molar-refractivity contribution in [1.82, 2.24) is 9.55 Å². The fraction of sp³-hybridized carbons (Fsp3) is 0. The highest BCUT2D eigenvalue weighted by Gasteiger charge is 2.20. The number of hydrogen-bond acceptors (Lipinski definition) is 3. The fourth-order valence-corrected chi connectivity index (χ4v) is 8.14. The van der Waals surface area contributed by atoms with E-state index in [-0.39, 0.29) is 0 Å². The van der Waals surface area contributed by atoms with E-state index in [1.165, 1.54) is 27.1 Å². The minimum atomic E-state index is 0.626. The first-order valence-corrected chi connectivity index (χ1v) is 18.0. The standard InChI is InChI=1S/C49H31N3O/c1-3-13-35(14-4-1)49-50-43-29-25-34-23-22-33-24-26-37(30-42(33)47(34)48(43)53-49)51(44-21-11-15-32-12-7-8-18-39(32)44)38-27-28-41-40-19-9-10-20-45(40)52(46(41)31-38)36-16-5-2-6-17-36/h1-31H. The smallest absolute Gasteiger partial charge is 0.227 e. The minimum absolute atomic E-state index is 0.626. The number of aromatic nitrogens is 2. The molecule has 4 nitrogen and oxygen atoms in total. The summed E-state index contributed by atoms with van der Waals surface area (Å²) in [6.07, 6.45) is 0. The molecular weight excluding hydrogens is 647 g/mol. The van der Waals surface area contributed by atoms with Gasteiger partial charge in [0.2, 0.25) is 5.89 Å². The third-order valence-electron chi connectivity index (χ3n) is 10.6.